The maximum absolute atomic E-state index is 6.13. The van der Waals surface area contributed by atoms with Gasteiger partial charge in [0.1, 0.15) is 0 Å². The Hall–Kier alpha value is -2.21. The third kappa shape index (κ3) is 1.80. The van der Waals surface area contributed by atoms with Gasteiger partial charge in [0, 0.05) is 11.9 Å². The normalized spacial score (nSPS) is 11.0. The van der Waals surface area contributed by atoms with Gasteiger partial charge in [-0.15, -0.1) is 10.2 Å². The highest BCUT2D eigenvalue weighted by atomic mass is 35.5. The molecule has 7 heteroatoms. The van der Waals surface area contributed by atoms with E-state index in [1.165, 1.54) is 0 Å². The number of halogens is 1. The Balaban J connectivity index is 2.38. The first-order valence-electron chi connectivity index (χ1n) is 6.00. The first kappa shape index (κ1) is 12.8. The van der Waals surface area contributed by atoms with Gasteiger partial charge in [-0.05, 0) is 26.0 Å². The van der Waals surface area contributed by atoms with Gasteiger partial charge < -0.3 is 4.74 Å². The van der Waals surface area contributed by atoms with E-state index in [9.17, 15) is 0 Å². The standard InChI is InChI=1S/C13H12ClN5O/c1-7-8(2)19-11(17-18-12(19)10(14)16-7)9-5-4-6-15-13(9)20-3/h4-6H,1-3H3. The molecule has 3 heterocycles. The van der Waals surface area contributed by atoms with Crippen LogP contribution in [0.5, 0.6) is 5.88 Å². The molecule has 0 atom stereocenters. The highest BCUT2D eigenvalue weighted by Crippen LogP contribution is 2.29. The number of pyridine rings is 1. The minimum atomic E-state index is 0.328. The first-order chi connectivity index (χ1) is 9.63. The second kappa shape index (κ2) is 4.72. The van der Waals surface area contributed by atoms with Crippen molar-refractivity contribution < 1.29 is 4.74 Å². The average Bonchev–Trinajstić information content (AvgIpc) is 2.90. The SMILES string of the molecule is COc1ncccc1-c1nnc2c(Cl)nc(C)c(C)n12. The summed E-state index contributed by atoms with van der Waals surface area (Å²) in [7, 11) is 1.57. The second-order valence-electron chi connectivity index (χ2n) is 4.32. The van der Waals surface area contributed by atoms with Crippen molar-refractivity contribution in [3.05, 3.63) is 34.9 Å². The van der Waals surface area contributed by atoms with Crippen molar-refractivity contribution in [2.75, 3.05) is 7.11 Å². The van der Waals surface area contributed by atoms with Gasteiger partial charge in [0.15, 0.2) is 16.6 Å². The van der Waals surface area contributed by atoms with E-state index in [1.807, 2.05) is 30.4 Å². The molecule has 0 radical (unpaired) electrons. The summed E-state index contributed by atoms with van der Waals surface area (Å²) in [5.74, 6) is 1.13. The molecule has 0 unspecified atom stereocenters. The Morgan fingerprint density at radius 2 is 2.05 bits per heavy atom. The van der Waals surface area contributed by atoms with Gasteiger partial charge in [0.05, 0.1) is 18.4 Å². The Morgan fingerprint density at radius 3 is 2.80 bits per heavy atom. The molecule has 3 rings (SSSR count). The number of fused-ring (bicyclic) bond motifs is 1. The van der Waals surface area contributed by atoms with Crippen molar-refractivity contribution in [3.63, 3.8) is 0 Å². The molecule has 20 heavy (non-hydrogen) atoms. The Morgan fingerprint density at radius 1 is 1.25 bits per heavy atom. The zero-order valence-electron chi connectivity index (χ0n) is 11.3. The minimum absolute atomic E-state index is 0.328. The number of hydrogen-bond donors (Lipinski definition) is 0. The van der Waals surface area contributed by atoms with E-state index >= 15 is 0 Å². The number of aryl methyl sites for hydroxylation is 2. The van der Waals surface area contributed by atoms with Gasteiger partial charge in [-0.1, -0.05) is 11.6 Å². The van der Waals surface area contributed by atoms with Crippen LogP contribution in [0.1, 0.15) is 11.4 Å². The van der Waals surface area contributed by atoms with Crippen molar-refractivity contribution in [1.82, 2.24) is 24.6 Å². The van der Waals surface area contributed by atoms with Crippen LogP contribution in [0.4, 0.5) is 0 Å². The van der Waals surface area contributed by atoms with Gasteiger partial charge in [-0.25, -0.2) is 9.97 Å². The lowest BCUT2D eigenvalue weighted by Gasteiger charge is -2.09. The molecular weight excluding hydrogens is 278 g/mol. The van der Waals surface area contributed by atoms with Crippen molar-refractivity contribution in [2.45, 2.75) is 13.8 Å². The van der Waals surface area contributed by atoms with Crippen LogP contribution < -0.4 is 4.74 Å². The lowest BCUT2D eigenvalue weighted by Crippen LogP contribution is -2.02. The minimum Gasteiger partial charge on any atom is -0.480 e. The number of ether oxygens (including phenoxy) is 1. The molecule has 0 saturated heterocycles. The van der Waals surface area contributed by atoms with Crippen LogP contribution in [0.3, 0.4) is 0 Å². The van der Waals surface area contributed by atoms with Crippen LogP contribution in [-0.2, 0) is 0 Å². The van der Waals surface area contributed by atoms with E-state index in [1.54, 1.807) is 13.3 Å². The molecule has 0 aromatic carbocycles. The molecule has 0 aliphatic carbocycles. The first-order valence-corrected chi connectivity index (χ1v) is 6.38. The van der Waals surface area contributed by atoms with E-state index in [2.05, 4.69) is 20.2 Å². The zero-order chi connectivity index (χ0) is 14.3. The van der Waals surface area contributed by atoms with Gasteiger partial charge >= 0.3 is 0 Å². The molecule has 0 aliphatic heterocycles. The molecule has 102 valence electrons. The van der Waals surface area contributed by atoms with Gasteiger partial charge in [-0.2, -0.15) is 0 Å². The van der Waals surface area contributed by atoms with E-state index in [-0.39, 0.29) is 0 Å². The van der Waals surface area contributed by atoms with Crippen LogP contribution >= 0.6 is 11.6 Å². The number of methoxy groups -OCH3 is 1. The largest absolute Gasteiger partial charge is 0.480 e. The molecule has 0 N–H and O–H groups in total. The third-order valence-corrected chi connectivity index (χ3v) is 3.43. The fourth-order valence-corrected chi connectivity index (χ4v) is 2.32. The Kier molecular flexibility index (Phi) is 3.02. The summed E-state index contributed by atoms with van der Waals surface area (Å²) in [5.41, 5.74) is 3.03. The average molecular weight is 290 g/mol. The van der Waals surface area contributed by atoms with Crippen molar-refractivity contribution >= 4 is 17.2 Å². The maximum Gasteiger partial charge on any atom is 0.224 e. The van der Waals surface area contributed by atoms with E-state index in [4.69, 9.17) is 16.3 Å². The van der Waals surface area contributed by atoms with E-state index in [0.29, 0.717) is 22.5 Å². The Bertz CT molecular complexity index is 799. The third-order valence-electron chi connectivity index (χ3n) is 3.18. The molecule has 0 fully saturated rings. The summed E-state index contributed by atoms with van der Waals surface area (Å²) in [6.07, 6.45) is 1.66. The topological polar surface area (TPSA) is 65.2 Å². The highest BCUT2D eigenvalue weighted by Gasteiger charge is 2.18. The van der Waals surface area contributed by atoms with Crippen LogP contribution in [0.25, 0.3) is 17.0 Å². The molecular formula is C13H12ClN5O. The summed E-state index contributed by atoms with van der Waals surface area (Å²) in [5, 5.41) is 8.64. The van der Waals surface area contributed by atoms with E-state index in [0.717, 1.165) is 17.0 Å². The molecule has 0 bridgehead atoms. The summed E-state index contributed by atoms with van der Waals surface area (Å²) < 4.78 is 7.14. The number of hydrogen-bond acceptors (Lipinski definition) is 5. The van der Waals surface area contributed by atoms with Crippen molar-refractivity contribution in [3.8, 4) is 17.3 Å². The Labute approximate surface area is 120 Å². The molecule has 0 saturated carbocycles. The maximum atomic E-state index is 6.13. The fourth-order valence-electron chi connectivity index (χ4n) is 2.07. The quantitative estimate of drug-likeness (QED) is 0.725. The van der Waals surface area contributed by atoms with Gasteiger partial charge in [0.25, 0.3) is 0 Å². The summed E-state index contributed by atoms with van der Waals surface area (Å²) in [6.45, 7) is 3.84. The molecule has 3 aromatic heterocycles. The molecule has 0 spiro atoms. The van der Waals surface area contributed by atoms with Crippen molar-refractivity contribution in [2.24, 2.45) is 0 Å². The lowest BCUT2D eigenvalue weighted by molar-refractivity contribution is 0.399. The van der Waals surface area contributed by atoms with E-state index < -0.39 is 0 Å². The van der Waals surface area contributed by atoms with Crippen molar-refractivity contribution in [1.29, 1.82) is 0 Å². The number of aromatic nitrogens is 5. The predicted octanol–water partition coefficient (Wildman–Crippen LogP) is 2.47. The molecule has 6 nitrogen and oxygen atoms in total. The summed E-state index contributed by atoms with van der Waals surface area (Å²) >= 11 is 6.13. The van der Waals surface area contributed by atoms with Crippen LogP contribution in [0.15, 0.2) is 18.3 Å². The summed E-state index contributed by atoms with van der Waals surface area (Å²) in [6, 6.07) is 3.70. The summed E-state index contributed by atoms with van der Waals surface area (Å²) in [4.78, 5) is 8.43. The number of rotatable bonds is 2. The molecule has 3 aromatic rings. The van der Waals surface area contributed by atoms with Gasteiger partial charge in [0.2, 0.25) is 5.88 Å². The second-order valence-corrected chi connectivity index (χ2v) is 4.67. The highest BCUT2D eigenvalue weighted by molar-refractivity contribution is 6.32. The fraction of sp³-hybridized carbons (Fsp3) is 0.231. The monoisotopic (exact) mass is 289 g/mol. The van der Waals surface area contributed by atoms with Crippen LogP contribution in [0.2, 0.25) is 5.15 Å². The van der Waals surface area contributed by atoms with Crippen LogP contribution in [-0.4, -0.2) is 31.7 Å². The molecule has 0 amide bonds. The van der Waals surface area contributed by atoms with Gasteiger partial charge in [-0.3, -0.25) is 4.40 Å². The lowest BCUT2D eigenvalue weighted by atomic mass is 10.2. The smallest absolute Gasteiger partial charge is 0.224 e. The number of nitrogens with zero attached hydrogens (tertiary/aromatic N) is 5. The zero-order valence-corrected chi connectivity index (χ0v) is 12.0. The molecule has 0 aliphatic rings. The van der Waals surface area contributed by atoms with Crippen LogP contribution in [0, 0.1) is 13.8 Å². The predicted molar refractivity (Wildman–Crippen MR) is 75.0 cm³/mol.